The van der Waals surface area contributed by atoms with Crippen LogP contribution in [0, 0.1) is 12.3 Å². The fourth-order valence-electron chi connectivity index (χ4n) is 3.02. The smallest absolute Gasteiger partial charge is 0.251 e. The quantitative estimate of drug-likeness (QED) is 0.799. The molecule has 1 fully saturated rings. The molecule has 2 amide bonds. The second-order valence-corrected chi connectivity index (χ2v) is 6.86. The minimum absolute atomic E-state index is 0.0363. The van der Waals surface area contributed by atoms with Crippen molar-refractivity contribution in [2.45, 2.75) is 46.6 Å². The van der Waals surface area contributed by atoms with Gasteiger partial charge in [-0.1, -0.05) is 19.9 Å². The molecule has 1 atom stereocenters. The Kier molecular flexibility index (Phi) is 5.42. The Morgan fingerprint density at radius 2 is 2.09 bits per heavy atom. The molecular weight excluding hydrogens is 290 g/mol. The van der Waals surface area contributed by atoms with Gasteiger partial charge in [0.2, 0.25) is 5.91 Å². The average molecular weight is 317 g/mol. The Hall–Kier alpha value is -1.88. The summed E-state index contributed by atoms with van der Waals surface area (Å²) in [5, 5.41) is 9.08. The van der Waals surface area contributed by atoms with Crippen LogP contribution in [0.3, 0.4) is 0 Å². The van der Waals surface area contributed by atoms with E-state index in [1.807, 2.05) is 19.9 Å². The highest BCUT2D eigenvalue weighted by Gasteiger charge is 2.37. The van der Waals surface area contributed by atoms with E-state index in [1.165, 1.54) is 0 Å². The molecule has 0 radical (unpaired) electrons. The van der Waals surface area contributed by atoms with E-state index in [4.69, 9.17) is 0 Å². The third-order valence-corrected chi connectivity index (χ3v) is 4.48. The van der Waals surface area contributed by atoms with Crippen molar-refractivity contribution in [2.24, 2.45) is 5.41 Å². The number of aryl methyl sites for hydroxylation is 1. The average Bonchev–Trinajstić information content (AvgIpc) is 2.49. The molecule has 1 aromatic rings. The maximum absolute atomic E-state index is 12.7. The van der Waals surface area contributed by atoms with E-state index >= 15 is 0 Å². The van der Waals surface area contributed by atoms with Crippen LogP contribution in [0.1, 0.15) is 49.5 Å². The van der Waals surface area contributed by atoms with Crippen molar-refractivity contribution < 1.29 is 9.59 Å². The molecule has 5 heteroatoms. The van der Waals surface area contributed by atoms with Crippen LogP contribution in [0.2, 0.25) is 0 Å². The first-order valence-corrected chi connectivity index (χ1v) is 8.28. The van der Waals surface area contributed by atoms with Crippen LogP contribution in [0.25, 0.3) is 0 Å². The van der Waals surface area contributed by atoms with Gasteiger partial charge in [-0.05, 0) is 56.3 Å². The number of benzene rings is 1. The van der Waals surface area contributed by atoms with Crippen molar-refractivity contribution in [1.82, 2.24) is 10.6 Å². The zero-order chi connectivity index (χ0) is 17.0. The van der Waals surface area contributed by atoms with E-state index in [-0.39, 0.29) is 23.3 Å². The molecule has 1 aromatic carbocycles. The Morgan fingerprint density at radius 3 is 2.74 bits per heavy atom. The van der Waals surface area contributed by atoms with Crippen molar-refractivity contribution in [3.05, 3.63) is 29.3 Å². The first-order valence-electron chi connectivity index (χ1n) is 8.28. The summed E-state index contributed by atoms with van der Waals surface area (Å²) in [4.78, 5) is 24.6. The lowest BCUT2D eigenvalue weighted by Gasteiger charge is -2.38. The number of nitrogens with one attached hydrogen (secondary N) is 3. The predicted octanol–water partition coefficient (Wildman–Crippen LogP) is 2.46. The third kappa shape index (κ3) is 4.10. The molecule has 1 saturated heterocycles. The molecule has 1 unspecified atom stereocenters. The van der Waals surface area contributed by atoms with Gasteiger partial charge in [-0.2, -0.15) is 0 Å². The molecule has 1 heterocycles. The second-order valence-electron chi connectivity index (χ2n) is 6.86. The first kappa shape index (κ1) is 17.5. The van der Waals surface area contributed by atoms with Crippen molar-refractivity contribution in [1.29, 1.82) is 0 Å². The van der Waals surface area contributed by atoms with Crippen LogP contribution in [0.4, 0.5) is 5.69 Å². The summed E-state index contributed by atoms with van der Waals surface area (Å²) in [7, 11) is 0. The minimum atomic E-state index is -0.219. The van der Waals surface area contributed by atoms with Crippen LogP contribution in [0.15, 0.2) is 18.2 Å². The lowest BCUT2D eigenvalue weighted by Crippen LogP contribution is -2.53. The molecule has 0 bridgehead atoms. The Bertz CT molecular complexity index is 596. The number of carbonyl (C=O) groups is 2. The monoisotopic (exact) mass is 317 g/mol. The number of carbonyl (C=O) groups excluding carboxylic acids is 2. The summed E-state index contributed by atoms with van der Waals surface area (Å²) in [5.41, 5.74) is 2.12. The molecule has 3 N–H and O–H groups in total. The van der Waals surface area contributed by atoms with Crippen molar-refractivity contribution >= 4 is 17.5 Å². The predicted molar refractivity (Wildman–Crippen MR) is 92.6 cm³/mol. The van der Waals surface area contributed by atoms with E-state index in [1.54, 1.807) is 12.1 Å². The highest BCUT2D eigenvalue weighted by atomic mass is 16.2. The molecule has 2 rings (SSSR count). The van der Waals surface area contributed by atoms with E-state index in [0.29, 0.717) is 17.8 Å². The summed E-state index contributed by atoms with van der Waals surface area (Å²) in [6.07, 6.45) is 2.11. The molecule has 126 valence electrons. The Labute approximate surface area is 138 Å². The van der Waals surface area contributed by atoms with Gasteiger partial charge in [0.25, 0.3) is 5.91 Å². The minimum Gasteiger partial charge on any atom is -0.352 e. The molecule has 1 aliphatic heterocycles. The summed E-state index contributed by atoms with van der Waals surface area (Å²) < 4.78 is 0. The van der Waals surface area contributed by atoms with Gasteiger partial charge in [-0.3, -0.25) is 9.59 Å². The van der Waals surface area contributed by atoms with Crippen molar-refractivity contribution in [3.8, 4) is 0 Å². The lowest BCUT2D eigenvalue weighted by molar-refractivity contribution is -0.121. The number of amides is 2. The molecule has 0 aromatic heterocycles. The fraction of sp³-hybridized carbons (Fsp3) is 0.556. The third-order valence-electron chi connectivity index (χ3n) is 4.48. The molecule has 5 nitrogen and oxygen atoms in total. The number of rotatable bonds is 4. The van der Waals surface area contributed by atoms with Crippen LogP contribution >= 0.6 is 0 Å². The van der Waals surface area contributed by atoms with Gasteiger partial charge in [-0.25, -0.2) is 0 Å². The van der Waals surface area contributed by atoms with Crippen molar-refractivity contribution in [3.63, 3.8) is 0 Å². The van der Waals surface area contributed by atoms with E-state index < -0.39 is 0 Å². The van der Waals surface area contributed by atoms with Gasteiger partial charge in [-0.15, -0.1) is 0 Å². The van der Waals surface area contributed by atoms with E-state index in [2.05, 4.69) is 29.8 Å². The normalized spacial score (nSPS) is 19.9. The van der Waals surface area contributed by atoms with Gasteiger partial charge >= 0.3 is 0 Å². The number of hydrogen-bond donors (Lipinski definition) is 3. The second kappa shape index (κ2) is 7.13. The fourth-order valence-corrected chi connectivity index (χ4v) is 3.02. The topological polar surface area (TPSA) is 70.2 Å². The SMILES string of the molecule is CCNC(=O)c1ccc(C)c(NC(=O)C2NCCCC2(C)C)c1. The van der Waals surface area contributed by atoms with Gasteiger partial charge in [0.05, 0.1) is 6.04 Å². The number of piperidine rings is 1. The zero-order valence-electron chi connectivity index (χ0n) is 14.5. The zero-order valence-corrected chi connectivity index (χ0v) is 14.5. The van der Waals surface area contributed by atoms with Crippen LogP contribution in [-0.2, 0) is 4.79 Å². The van der Waals surface area contributed by atoms with Gasteiger partial charge in [0.1, 0.15) is 0 Å². The standard InChI is InChI=1S/C18H27N3O2/c1-5-19-16(22)13-8-7-12(2)14(11-13)21-17(23)15-18(3,4)9-6-10-20-15/h7-8,11,15,20H,5-6,9-10H2,1-4H3,(H,19,22)(H,21,23). The highest BCUT2D eigenvalue weighted by molar-refractivity contribution is 5.99. The largest absolute Gasteiger partial charge is 0.352 e. The van der Waals surface area contributed by atoms with E-state index in [9.17, 15) is 9.59 Å². The summed E-state index contributed by atoms with van der Waals surface area (Å²) >= 11 is 0. The molecular formula is C18H27N3O2. The molecule has 1 aliphatic rings. The van der Waals surface area contributed by atoms with Gasteiger partial charge < -0.3 is 16.0 Å². The molecule has 0 saturated carbocycles. The Balaban J connectivity index is 2.17. The van der Waals surface area contributed by atoms with E-state index in [0.717, 1.165) is 24.9 Å². The maximum Gasteiger partial charge on any atom is 0.251 e. The van der Waals surface area contributed by atoms with Gasteiger partial charge in [0.15, 0.2) is 0 Å². The Morgan fingerprint density at radius 1 is 1.35 bits per heavy atom. The highest BCUT2D eigenvalue weighted by Crippen LogP contribution is 2.31. The summed E-state index contributed by atoms with van der Waals surface area (Å²) in [6.45, 7) is 9.47. The lowest BCUT2D eigenvalue weighted by atomic mass is 9.77. The maximum atomic E-state index is 12.7. The van der Waals surface area contributed by atoms with Crippen LogP contribution in [-0.4, -0.2) is 30.9 Å². The summed E-state index contributed by atoms with van der Waals surface area (Å²) in [6, 6.07) is 5.16. The number of anilines is 1. The van der Waals surface area contributed by atoms with Crippen molar-refractivity contribution in [2.75, 3.05) is 18.4 Å². The van der Waals surface area contributed by atoms with Crippen LogP contribution < -0.4 is 16.0 Å². The molecule has 23 heavy (non-hydrogen) atoms. The summed E-state index contributed by atoms with van der Waals surface area (Å²) in [5.74, 6) is -0.162. The first-order chi connectivity index (χ1) is 10.8. The molecule has 0 spiro atoms. The van der Waals surface area contributed by atoms with Crippen LogP contribution in [0.5, 0.6) is 0 Å². The number of hydrogen-bond acceptors (Lipinski definition) is 3. The van der Waals surface area contributed by atoms with Gasteiger partial charge in [0, 0.05) is 17.8 Å². The molecule has 0 aliphatic carbocycles.